The first kappa shape index (κ1) is 20.9. The Hall–Kier alpha value is -2.37. The van der Waals surface area contributed by atoms with E-state index >= 15 is 0 Å². The van der Waals surface area contributed by atoms with Crippen LogP contribution in [0.2, 0.25) is 0 Å². The Morgan fingerprint density at radius 2 is 1.56 bits per heavy atom. The molecular weight excluding hydrogens is 340 g/mol. The van der Waals surface area contributed by atoms with Crippen molar-refractivity contribution in [2.45, 2.75) is 51.5 Å². The van der Waals surface area contributed by atoms with Crippen molar-refractivity contribution in [3.05, 3.63) is 71.8 Å². The number of hydrogen-bond donors (Lipinski definition) is 3. The van der Waals surface area contributed by atoms with Crippen LogP contribution in [-0.2, 0) is 17.7 Å². The van der Waals surface area contributed by atoms with E-state index in [-0.39, 0.29) is 0 Å². The van der Waals surface area contributed by atoms with Crippen LogP contribution >= 0.6 is 0 Å². The van der Waals surface area contributed by atoms with Crippen molar-refractivity contribution in [1.29, 1.82) is 0 Å². The molecular formula is C22H30N2O3. The van der Waals surface area contributed by atoms with Crippen LogP contribution in [0.25, 0.3) is 0 Å². The summed E-state index contributed by atoms with van der Waals surface area (Å²) in [7, 11) is 0. The normalized spacial score (nSPS) is 13.6. The van der Waals surface area contributed by atoms with Crippen LogP contribution in [0.4, 0.5) is 4.79 Å². The number of carbonyl (C=O) groups excluding carboxylic acids is 1. The van der Waals surface area contributed by atoms with Gasteiger partial charge in [-0.15, -0.1) is 0 Å². The van der Waals surface area contributed by atoms with Crippen molar-refractivity contribution < 1.29 is 14.6 Å². The van der Waals surface area contributed by atoms with Crippen molar-refractivity contribution in [2.75, 3.05) is 6.54 Å². The Morgan fingerprint density at radius 1 is 1.00 bits per heavy atom. The molecule has 0 unspecified atom stereocenters. The van der Waals surface area contributed by atoms with Gasteiger partial charge >= 0.3 is 6.09 Å². The molecule has 0 aromatic heterocycles. The Kier molecular flexibility index (Phi) is 7.82. The lowest BCUT2D eigenvalue weighted by atomic mass is 10.0. The summed E-state index contributed by atoms with van der Waals surface area (Å²) in [6.45, 7) is 6.47. The van der Waals surface area contributed by atoms with Gasteiger partial charge < -0.3 is 20.5 Å². The van der Waals surface area contributed by atoms with E-state index in [9.17, 15) is 9.90 Å². The van der Waals surface area contributed by atoms with Gasteiger partial charge in [0.25, 0.3) is 0 Å². The molecule has 0 radical (unpaired) electrons. The number of hydrogen-bond acceptors (Lipinski definition) is 4. The largest absolute Gasteiger partial charge is 0.444 e. The summed E-state index contributed by atoms with van der Waals surface area (Å²) in [4.78, 5) is 12.2. The SMILES string of the molecule is CC(C)(C)OC(=O)N[C@@H](Cc1ccccc1)[C@H](O)CNCc1ccccc1. The van der Waals surface area contributed by atoms with Gasteiger partial charge in [-0.25, -0.2) is 4.79 Å². The van der Waals surface area contributed by atoms with E-state index in [4.69, 9.17) is 4.74 Å². The zero-order valence-corrected chi connectivity index (χ0v) is 16.3. The number of carbonyl (C=O) groups is 1. The molecule has 5 heteroatoms. The maximum Gasteiger partial charge on any atom is 0.407 e. The van der Waals surface area contributed by atoms with E-state index in [1.54, 1.807) is 0 Å². The van der Waals surface area contributed by atoms with Gasteiger partial charge in [0.15, 0.2) is 0 Å². The zero-order valence-electron chi connectivity index (χ0n) is 16.3. The molecule has 0 fully saturated rings. The van der Waals surface area contributed by atoms with E-state index in [2.05, 4.69) is 10.6 Å². The summed E-state index contributed by atoms with van der Waals surface area (Å²) >= 11 is 0. The van der Waals surface area contributed by atoms with E-state index in [0.29, 0.717) is 19.5 Å². The summed E-state index contributed by atoms with van der Waals surface area (Å²) in [5, 5.41) is 16.7. The zero-order chi connectivity index (χ0) is 19.7. The lowest BCUT2D eigenvalue weighted by molar-refractivity contribution is 0.0422. The van der Waals surface area contributed by atoms with Gasteiger partial charge in [0.05, 0.1) is 12.1 Å². The molecule has 2 atom stereocenters. The summed E-state index contributed by atoms with van der Waals surface area (Å²) in [6.07, 6.45) is -0.749. The predicted molar refractivity (Wildman–Crippen MR) is 107 cm³/mol. The predicted octanol–water partition coefficient (Wildman–Crippen LogP) is 3.27. The van der Waals surface area contributed by atoms with Gasteiger partial charge in [-0.1, -0.05) is 60.7 Å². The Balaban J connectivity index is 1.95. The van der Waals surface area contributed by atoms with E-state index in [1.807, 2.05) is 81.4 Å². The van der Waals surface area contributed by atoms with Crippen LogP contribution in [0.1, 0.15) is 31.9 Å². The molecule has 0 bridgehead atoms. The van der Waals surface area contributed by atoms with Crippen LogP contribution in [0, 0.1) is 0 Å². The van der Waals surface area contributed by atoms with Gasteiger partial charge in [0.2, 0.25) is 0 Å². The third-order valence-electron chi connectivity index (χ3n) is 3.99. The topological polar surface area (TPSA) is 70.6 Å². The Morgan fingerprint density at radius 3 is 2.11 bits per heavy atom. The van der Waals surface area contributed by atoms with Crippen molar-refractivity contribution in [1.82, 2.24) is 10.6 Å². The standard InChI is InChI=1S/C22H30N2O3/c1-22(2,3)27-21(26)24-19(14-17-10-6-4-7-11-17)20(25)16-23-15-18-12-8-5-9-13-18/h4-13,19-20,23,25H,14-16H2,1-3H3,(H,24,26)/t19-,20+/m0/s1. The van der Waals surface area contributed by atoms with Gasteiger partial charge in [-0.3, -0.25) is 0 Å². The number of alkyl carbamates (subject to hydrolysis) is 1. The minimum absolute atomic E-state index is 0.363. The van der Waals surface area contributed by atoms with Crippen LogP contribution in [0.3, 0.4) is 0 Å². The highest BCUT2D eigenvalue weighted by Crippen LogP contribution is 2.10. The molecule has 1 amide bonds. The number of benzene rings is 2. The molecule has 0 aliphatic carbocycles. The summed E-state index contributed by atoms with van der Waals surface area (Å²) in [5.41, 5.74) is 1.60. The van der Waals surface area contributed by atoms with Gasteiger partial charge in [0.1, 0.15) is 5.60 Å². The second-order valence-electron chi connectivity index (χ2n) is 7.63. The van der Waals surface area contributed by atoms with Crippen LogP contribution < -0.4 is 10.6 Å². The molecule has 0 saturated carbocycles. The minimum atomic E-state index is -0.749. The van der Waals surface area contributed by atoms with Crippen LogP contribution in [0.15, 0.2) is 60.7 Å². The highest BCUT2D eigenvalue weighted by Gasteiger charge is 2.24. The molecule has 0 heterocycles. The average Bonchev–Trinajstić information content (AvgIpc) is 2.61. The first-order valence-corrected chi connectivity index (χ1v) is 9.29. The molecule has 3 N–H and O–H groups in total. The summed E-state index contributed by atoms with van der Waals surface area (Å²) in [6, 6.07) is 19.3. The third-order valence-corrected chi connectivity index (χ3v) is 3.99. The molecule has 2 rings (SSSR count). The fourth-order valence-corrected chi connectivity index (χ4v) is 2.71. The number of aliphatic hydroxyl groups excluding tert-OH is 1. The van der Waals surface area contributed by atoms with Gasteiger partial charge in [0, 0.05) is 13.1 Å². The molecule has 0 aliphatic rings. The molecule has 0 saturated heterocycles. The van der Waals surface area contributed by atoms with Crippen molar-refractivity contribution >= 4 is 6.09 Å². The number of rotatable bonds is 8. The van der Waals surface area contributed by atoms with Crippen molar-refractivity contribution in [3.8, 4) is 0 Å². The highest BCUT2D eigenvalue weighted by molar-refractivity contribution is 5.68. The fourth-order valence-electron chi connectivity index (χ4n) is 2.71. The molecule has 5 nitrogen and oxygen atoms in total. The van der Waals surface area contributed by atoms with Crippen LogP contribution in [-0.4, -0.2) is 35.5 Å². The number of aliphatic hydroxyl groups is 1. The number of nitrogens with one attached hydrogen (secondary N) is 2. The van der Waals surface area contributed by atoms with Crippen LogP contribution in [0.5, 0.6) is 0 Å². The van der Waals surface area contributed by atoms with E-state index < -0.39 is 23.8 Å². The smallest absolute Gasteiger partial charge is 0.407 e. The molecule has 2 aromatic rings. The number of ether oxygens (including phenoxy) is 1. The summed E-state index contributed by atoms with van der Waals surface area (Å²) in [5.74, 6) is 0. The lowest BCUT2D eigenvalue weighted by Crippen LogP contribution is -2.49. The highest BCUT2D eigenvalue weighted by atomic mass is 16.6. The average molecular weight is 370 g/mol. The maximum atomic E-state index is 12.2. The number of amides is 1. The van der Waals surface area contributed by atoms with Crippen molar-refractivity contribution in [3.63, 3.8) is 0 Å². The first-order chi connectivity index (χ1) is 12.8. The second kappa shape index (κ2) is 10.1. The van der Waals surface area contributed by atoms with E-state index in [0.717, 1.165) is 11.1 Å². The Labute approximate surface area is 161 Å². The molecule has 0 aliphatic heterocycles. The van der Waals surface area contributed by atoms with Gasteiger partial charge in [-0.05, 0) is 38.3 Å². The minimum Gasteiger partial charge on any atom is -0.444 e. The second-order valence-corrected chi connectivity index (χ2v) is 7.63. The quantitative estimate of drug-likeness (QED) is 0.667. The third kappa shape index (κ3) is 8.24. The molecule has 27 heavy (non-hydrogen) atoms. The molecule has 146 valence electrons. The maximum absolute atomic E-state index is 12.2. The molecule has 0 spiro atoms. The molecule has 2 aromatic carbocycles. The lowest BCUT2D eigenvalue weighted by Gasteiger charge is -2.27. The monoisotopic (exact) mass is 370 g/mol. The van der Waals surface area contributed by atoms with Crippen molar-refractivity contribution in [2.24, 2.45) is 0 Å². The fraction of sp³-hybridized carbons (Fsp3) is 0.409. The summed E-state index contributed by atoms with van der Waals surface area (Å²) < 4.78 is 5.35. The van der Waals surface area contributed by atoms with Gasteiger partial charge in [-0.2, -0.15) is 0 Å². The Bertz CT molecular complexity index is 684. The first-order valence-electron chi connectivity index (χ1n) is 9.29. The van der Waals surface area contributed by atoms with E-state index in [1.165, 1.54) is 0 Å².